The maximum Gasteiger partial charge on any atom is 0.0409 e. The van der Waals surface area contributed by atoms with E-state index >= 15 is 0 Å². The van der Waals surface area contributed by atoms with E-state index in [1.165, 1.54) is 16.8 Å². The van der Waals surface area contributed by atoms with Crippen LogP contribution >= 0.6 is 0 Å². The van der Waals surface area contributed by atoms with Gasteiger partial charge >= 0.3 is 0 Å². The van der Waals surface area contributed by atoms with Crippen LogP contribution in [0.1, 0.15) is 25.0 Å². The Bertz CT molecular complexity index is 534. The van der Waals surface area contributed by atoms with Crippen molar-refractivity contribution in [3.05, 3.63) is 65.7 Å². The number of benzene rings is 2. The highest BCUT2D eigenvalue weighted by Gasteiger charge is 2.07. The minimum atomic E-state index is 0.507. The molecule has 2 aromatic carbocycles. The van der Waals surface area contributed by atoms with Crippen LogP contribution in [0.3, 0.4) is 0 Å². The molecule has 21 heavy (non-hydrogen) atoms. The minimum absolute atomic E-state index is 0.507. The van der Waals surface area contributed by atoms with Crippen molar-refractivity contribution in [3.8, 4) is 0 Å². The van der Waals surface area contributed by atoms with Crippen LogP contribution in [0.4, 0.5) is 5.69 Å². The predicted molar refractivity (Wildman–Crippen MR) is 91.8 cm³/mol. The highest BCUT2D eigenvalue weighted by Crippen LogP contribution is 2.19. The third-order valence-electron chi connectivity index (χ3n) is 3.68. The fraction of sp³-hybridized carbons (Fsp3) is 0.368. The van der Waals surface area contributed by atoms with Gasteiger partial charge in [0.1, 0.15) is 0 Å². The topological polar surface area (TPSA) is 15.3 Å². The van der Waals surface area contributed by atoms with Crippen LogP contribution in [0, 0.1) is 0 Å². The summed E-state index contributed by atoms with van der Waals surface area (Å²) in [6.07, 6.45) is 1.07. The lowest BCUT2D eigenvalue weighted by molar-refractivity contribution is 0.588. The Morgan fingerprint density at radius 2 is 1.62 bits per heavy atom. The molecular formula is C19H26N2. The molecule has 0 radical (unpaired) electrons. The number of para-hydroxylation sites is 1. The van der Waals surface area contributed by atoms with Gasteiger partial charge in [-0.25, -0.2) is 0 Å². The molecule has 0 saturated heterocycles. The molecule has 0 aliphatic heterocycles. The molecule has 0 unspecified atom stereocenters. The molecule has 2 heteroatoms. The first-order chi connectivity index (χ1) is 10.2. The van der Waals surface area contributed by atoms with E-state index in [1.807, 2.05) is 0 Å². The van der Waals surface area contributed by atoms with E-state index < -0.39 is 0 Å². The van der Waals surface area contributed by atoms with Crippen LogP contribution in [0.15, 0.2) is 54.6 Å². The SMILES string of the molecule is CC(C)NCc1ccccc1N(C)CCc1ccccc1. The Morgan fingerprint density at radius 3 is 2.33 bits per heavy atom. The van der Waals surface area contributed by atoms with Crippen molar-refractivity contribution in [2.24, 2.45) is 0 Å². The van der Waals surface area contributed by atoms with Crippen molar-refractivity contribution < 1.29 is 0 Å². The third kappa shape index (κ3) is 4.91. The molecule has 0 aromatic heterocycles. The van der Waals surface area contributed by atoms with Gasteiger partial charge in [0.25, 0.3) is 0 Å². The highest BCUT2D eigenvalue weighted by molar-refractivity contribution is 5.53. The van der Waals surface area contributed by atoms with Crippen LogP contribution in [-0.4, -0.2) is 19.6 Å². The number of hydrogen-bond donors (Lipinski definition) is 1. The summed E-state index contributed by atoms with van der Waals surface area (Å²) in [5, 5.41) is 3.50. The van der Waals surface area contributed by atoms with Crippen molar-refractivity contribution in [2.75, 3.05) is 18.5 Å². The maximum absolute atomic E-state index is 3.50. The third-order valence-corrected chi connectivity index (χ3v) is 3.68. The number of rotatable bonds is 7. The van der Waals surface area contributed by atoms with Crippen LogP contribution in [-0.2, 0) is 13.0 Å². The lowest BCUT2D eigenvalue weighted by atomic mass is 10.1. The van der Waals surface area contributed by atoms with Gasteiger partial charge in [0, 0.05) is 31.9 Å². The fourth-order valence-corrected chi connectivity index (χ4v) is 2.41. The summed E-state index contributed by atoms with van der Waals surface area (Å²) in [7, 11) is 2.18. The molecule has 2 rings (SSSR count). The quantitative estimate of drug-likeness (QED) is 0.829. The number of nitrogens with one attached hydrogen (secondary N) is 1. The predicted octanol–water partition coefficient (Wildman–Crippen LogP) is 3.86. The first kappa shape index (κ1) is 15.6. The maximum atomic E-state index is 3.50. The molecule has 2 nitrogen and oxygen atoms in total. The number of hydrogen-bond acceptors (Lipinski definition) is 2. The summed E-state index contributed by atoms with van der Waals surface area (Å²) in [6.45, 7) is 6.32. The van der Waals surface area contributed by atoms with E-state index in [4.69, 9.17) is 0 Å². The van der Waals surface area contributed by atoms with Gasteiger partial charge in [-0.1, -0.05) is 62.4 Å². The van der Waals surface area contributed by atoms with Crippen LogP contribution in [0.2, 0.25) is 0 Å². The van der Waals surface area contributed by atoms with Crippen molar-refractivity contribution in [1.82, 2.24) is 5.32 Å². The molecule has 0 heterocycles. The smallest absolute Gasteiger partial charge is 0.0409 e. The Balaban J connectivity index is 1.99. The summed E-state index contributed by atoms with van der Waals surface area (Å²) in [6, 6.07) is 19.8. The lowest BCUT2D eigenvalue weighted by Crippen LogP contribution is -2.25. The van der Waals surface area contributed by atoms with E-state index in [0.717, 1.165) is 19.5 Å². The zero-order valence-electron chi connectivity index (χ0n) is 13.3. The van der Waals surface area contributed by atoms with Gasteiger partial charge in [0.15, 0.2) is 0 Å². The van der Waals surface area contributed by atoms with Gasteiger partial charge < -0.3 is 10.2 Å². The number of likely N-dealkylation sites (N-methyl/N-ethyl adjacent to an activating group) is 1. The Morgan fingerprint density at radius 1 is 0.952 bits per heavy atom. The normalized spacial score (nSPS) is 10.9. The van der Waals surface area contributed by atoms with Crippen LogP contribution in [0.25, 0.3) is 0 Å². The molecule has 0 bridgehead atoms. The molecule has 0 saturated carbocycles. The standard InChI is InChI=1S/C19H26N2/c1-16(2)20-15-18-11-7-8-12-19(18)21(3)14-13-17-9-5-4-6-10-17/h4-12,16,20H,13-15H2,1-3H3. The second-order valence-corrected chi connectivity index (χ2v) is 5.82. The zero-order chi connectivity index (χ0) is 15.1. The van der Waals surface area contributed by atoms with Gasteiger partial charge in [-0.05, 0) is 23.6 Å². The van der Waals surface area contributed by atoms with E-state index in [0.29, 0.717) is 6.04 Å². The van der Waals surface area contributed by atoms with Crippen molar-refractivity contribution in [2.45, 2.75) is 32.9 Å². The molecule has 112 valence electrons. The van der Waals surface area contributed by atoms with E-state index in [1.54, 1.807) is 0 Å². The second kappa shape index (κ2) is 7.84. The molecule has 2 aromatic rings. The lowest BCUT2D eigenvalue weighted by Gasteiger charge is -2.23. The van der Waals surface area contributed by atoms with E-state index in [9.17, 15) is 0 Å². The second-order valence-electron chi connectivity index (χ2n) is 5.82. The number of anilines is 1. The summed E-state index contributed by atoms with van der Waals surface area (Å²) < 4.78 is 0. The largest absolute Gasteiger partial charge is 0.374 e. The van der Waals surface area contributed by atoms with E-state index in [2.05, 4.69) is 85.7 Å². The summed E-state index contributed by atoms with van der Waals surface area (Å²) in [4.78, 5) is 2.35. The van der Waals surface area contributed by atoms with Gasteiger partial charge in [-0.15, -0.1) is 0 Å². The molecule has 0 aliphatic carbocycles. The average Bonchev–Trinajstić information content (AvgIpc) is 2.52. The monoisotopic (exact) mass is 282 g/mol. The summed E-state index contributed by atoms with van der Waals surface area (Å²) >= 11 is 0. The van der Waals surface area contributed by atoms with Gasteiger partial charge in [0.05, 0.1) is 0 Å². The average molecular weight is 282 g/mol. The molecule has 0 spiro atoms. The minimum Gasteiger partial charge on any atom is -0.374 e. The first-order valence-corrected chi connectivity index (χ1v) is 7.73. The number of nitrogens with zero attached hydrogens (tertiary/aromatic N) is 1. The van der Waals surface area contributed by atoms with Gasteiger partial charge in [0.2, 0.25) is 0 Å². The Hall–Kier alpha value is -1.80. The zero-order valence-corrected chi connectivity index (χ0v) is 13.3. The van der Waals surface area contributed by atoms with Crippen molar-refractivity contribution in [1.29, 1.82) is 0 Å². The van der Waals surface area contributed by atoms with Crippen molar-refractivity contribution in [3.63, 3.8) is 0 Å². The molecule has 0 amide bonds. The first-order valence-electron chi connectivity index (χ1n) is 7.73. The van der Waals surface area contributed by atoms with Crippen molar-refractivity contribution >= 4 is 5.69 Å². The molecule has 1 N–H and O–H groups in total. The Kier molecular flexibility index (Phi) is 5.82. The highest BCUT2D eigenvalue weighted by atomic mass is 15.1. The fourth-order valence-electron chi connectivity index (χ4n) is 2.41. The van der Waals surface area contributed by atoms with Crippen LogP contribution < -0.4 is 10.2 Å². The molecular weight excluding hydrogens is 256 g/mol. The summed E-state index contributed by atoms with van der Waals surface area (Å²) in [5.41, 5.74) is 4.07. The van der Waals surface area contributed by atoms with E-state index in [-0.39, 0.29) is 0 Å². The molecule has 0 aliphatic rings. The Labute approximate surface area is 128 Å². The molecule has 0 fully saturated rings. The van der Waals surface area contributed by atoms with Gasteiger partial charge in [-0.2, -0.15) is 0 Å². The van der Waals surface area contributed by atoms with Gasteiger partial charge in [-0.3, -0.25) is 0 Å². The molecule has 0 atom stereocenters. The summed E-state index contributed by atoms with van der Waals surface area (Å²) in [5.74, 6) is 0. The van der Waals surface area contributed by atoms with Crippen LogP contribution in [0.5, 0.6) is 0 Å².